The van der Waals surface area contributed by atoms with E-state index in [2.05, 4.69) is 23.8 Å². The Morgan fingerprint density at radius 3 is 2.82 bits per heavy atom. The number of piperazine rings is 1. The third kappa shape index (κ3) is 2.57. The van der Waals surface area contributed by atoms with E-state index in [1.807, 2.05) is 18.2 Å². The largest absolute Gasteiger partial charge is 0.392 e. The van der Waals surface area contributed by atoms with Crippen LogP contribution in [0.1, 0.15) is 12.5 Å². The highest BCUT2D eigenvalue weighted by Crippen LogP contribution is 2.29. The van der Waals surface area contributed by atoms with Crippen molar-refractivity contribution in [2.24, 2.45) is 0 Å². The number of hydrogen-bond donors (Lipinski definition) is 1. The van der Waals surface area contributed by atoms with Crippen LogP contribution in [0.25, 0.3) is 0 Å². The molecule has 1 fully saturated rings. The summed E-state index contributed by atoms with van der Waals surface area (Å²) in [5, 5.41) is 10.1. The van der Waals surface area contributed by atoms with Crippen molar-refractivity contribution in [3.05, 3.63) is 28.8 Å². The molecule has 0 radical (unpaired) electrons. The molecule has 1 aromatic carbocycles. The predicted octanol–water partition coefficient (Wildman–Crippen LogP) is 1.97. The van der Waals surface area contributed by atoms with Crippen molar-refractivity contribution in [1.29, 1.82) is 0 Å². The van der Waals surface area contributed by atoms with Gasteiger partial charge >= 0.3 is 0 Å². The van der Waals surface area contributed by atoms with Crippen molar-refractivity contribution in [3.8, 4) is 0 Å². The Labute approximate surface area is 108 Å². The van der Waals surface area contributed by atoms with Crippen molar-refractivity contribution in [2.45, 2.75) is 19.6 Å². The van der Waals surface area contributed by atoms with Gasteiger partial charge in [0.1, 0.15) is 0 Å². The number of likely N-dealkylation sites (N-methyl/N-ethyl adjacent to an activating group) is 1. The van der Waals surface area contributed by atoms with E-state index in [9.17, 15) is 5.11 Å². The summed E-state index contributed by atoms with van der Waals surface area (Å²) in [6, 6.07) is 6.26. The molecule has 0 amide bonds. The van der Waals surface area contributed by atoms with Crippen molar-refractivity contribution in [2.75, 3.05) is 31.6 Å². The summed E-state index contributed by atoms with van der Waals surface area (Å²) < 4.78 is 0. The molecule has 0 saturated carbocycles. The molecule has 1 aliphatic rings. The minimum Gasteiger partial charge on any atom is -0.392 e. The Hall–Kier alpha value is -0.770. The number of rotatable bonds is 2. The highest BCUT2D eigenvalue weighted by Gasteiger charge is 2.23. The molecular weight excluding hydrogens is 236 g/mol. The van der Waals surface area contributed by atoms with E-state index in [4.69, 9.17) is 11.6 Å². The number of nitrogens with zero attached hydrogens (tertiary/aromatic N) is 2. The fourth-order valence-electron chi connectivity index (χ4n) is 2.47. The SMILES string of the molecule is CC1CN(C)CCN1c1cccc(Cl)c1CO. The standard InChI is InChI=1S/C13H19ClN2O/c1-10-8-15(2)6-7-16(10)13-5-3-4-12(14)11(13)9-17/h3-5,10,17H,6-9H2,1-2H3. The quantitative estimate of drug-likeness (QED) is 0.874. The van der Waals surface area contributed by atoms with Gasteiger partial charge in [-0.1, -0.05) is 17.7 Å². The van der Waals surface area contributed by atoms with Gasteiger partial charge in [0.15, 0.2) is 0 Å². The van der Waals surface area contributed by atoms with Crippen molar-refractivity contribution >= 4 is 17.3 Å². The smallest absolute Gasteiger partial charge is 0.0716 e. The van der Waals surface area contributed by atoms with Crippen LogP contribution in [0.3, 0.4) is 0 Å². The summed E-state index contributed by atoms with van der Waals surface area (Å²) in [7, 11) is 2.14. The molecule has 1 saturated heterocycles. The van der Waals surface area contributed by atoms with Gasteiger partial charge in [-0.15, -0.1) is 0 Å². The van der Waals surface area contributed by atoms with E-state index in [1.165, 1.54) is 0 Å². The van der Waals surface area contributed by atoms with E-state index in [0.717, 1.165) is 30.9 Å². The van der Waals surface area contributed by atoms with Crippen LogP contribution in [0.5, 0.6) is 0 Å². The maximum atomic E-state index is 9.45. The third-order valence-corrected chi connectivity index (χ3v) is 3.75. The lowest BCUT2D eigenvalue weighted by atomic mass is 10.1. The molecule has 0 aliphatic carbocycles. The van der Waals surface area contributed by atoms with Gasteiger partial charge in [0.2, 0.25) is 0 Å². The summed E-state index contributed by atoms with van der Waals surface area (Å²) in [5.74, 6) is 0. The minimum atomic E-state index is -0.00589. The van der Waals surface area contributed by atoms with Crippen molar-refractivity contribution in [1.82, 2.24) is 4.90 Å². The molecule has 1 unspecified atom stereocenters. The Kier molecular flexibility index (Phi) is 3.92. The summed E-state index contributed by atoms with van der Waals surface area (Å²) in [6.07, 6.45) is 0. The fraction of sp³-hybridized carbons (Fsp3) is 0.538. The molecule has 1 atom stereocenters. The monoisotopic (exact) mass is 254 g/mol. The average Bonchev–Trinajstić information content (AvgIpc) is 2.29. The molecule has 1 N–H and O–H groups in total. The van der Waals surface area contributed by atoms with Crippen LogP contribution in [0.4, 0.5) is 5.69 Å². The average molecular weight is 255 g/mol. The molecular formula is C13H19ClN2O. The van der Waals surface area contributed by atoms with Gasteiger partial charge < -0.3 is 14.9 Å². The van der Waals surface area contributed by atoms with Crippen molar-refractivity contribution < 1.29 is 5.11 Å². The fourth-order valence-corrected chi connectivity index (χ4v) is 2.70. The Balaban J connectivity index is 2.30. The van der Waals surface area contributed by atoms with E-state index in [0.29, 0.717) is 11.1 Å². The maximum absolute atomic E-state index is 9.45. The molecule has 4 heteroatoms. The molecule has 94 valence electrons. The third-order valence-electron chi connectivity index (χ3n) is 3.39. The van der Waals surface area contributed by atoms with Crippen LogP contribution in [0.2, 0.25) is 5.02 Å². The van der Waals surface area contributed by atoms with Crippen LogP contribution in [-0.4, -0.2) is 42.7 Å². The molecule has 3 nitrogen and oxygen atoms in total. The van der Waals surface area contributed by atoms with Crippen LogP contribution < -0.4 is 4.90 Å². The number of halogens is 1. The number of hydrogen-bond acceptors (Lipinski definition) is 3. The predicted molar refractivity (Wildman–Crippen MR) is 71.7 cm³/mol. The zero-order chi connectivity index (χ0) is 12.4. The van der Waals surface area contributed by atoms with Gasteiger partial charge in [0.05, 0.1) is 6.61 Å². The van der Waals surface area contributed by atoms with Crippen LogP contribution >= 0.6 is 11.6 Å². The number of benzene rings is 1. The topological polar surface area (TPSA) is 26.7 Å². The molecule has 2 rings (SSSR count). The maximum Gasteiger partial charge on any atom is 0.0716 e. The lowest BCUT2D eigenvalue weighted by Gasteiger charge is -2.40. The Bertz CT molecular complexity index is 397. The van der Waals surface area contributed by atoms with Gasteiger partial charge in [-0.3, -0.25) is 0 Å². The second-order valence-corrected chi connectivity index (χ2v) is 5.11. The van der Waals surface area contributed by atoms with Crippen LogP contribution in [0, 0.1) is 0 Å². The first-order chi connectivity index (χ1) is 8.13. The van der Waals surface area contributed by atoms with Gasteiger partial charge in [-0.05, 0) is 26.1 Å². The van der Waals surface area contributed by atoms with Gasteiger partial charge in [-0.25, -0.2) is 0 Å². The van der Waals surface area contributed by atoms with Crippen LogP contribution in [0.15, 0.2) is 18.2 Å². The van der Waals surface area contributed by atoms with Gasteiger partial charge in [-0.2, -0.15) is 0 Å². The lowest BCUT2D eigenvalue weighted by molar-refractivity contribution is 0.269. The minimum absolute atomic E-state index is 0.00589. The first kappa shape index (κ1) is 12.7. The second-order valence-electron chi connectivity index (χ2n) is 4.70. The summed E-state index contributed by atoms with van der Waals surface area (Å²) in [6.45, 7) is 5.26. The highest BCUT2D eigenvalue weighted by molar-refractivity contribution is 6.31. The molecule has 0 spiro atoms. The lowest BCUT2D eigenvalue weighted by Crippen LogP contribution is -2.50. The normalized spacial score (nSPS) is 21.9. The second kappa shape index (κ2) is 5.25. The molecule has 1 heterocycles. The molecule has 17 heavy (non-hydrogen) atoms. The molecule has 1 aliphatic heterocycles. The number of aliphatic hydroxyl groups is 1. The van der Waals surface area contributed by atoms with E-state index in [-0.39, 0.29) is 6.61 Å². The zero-order valence-corrected chi connectivity index (χ0v) is 11.1. The summed E-state index contributed by atoms with van der Waals surface area (Å²) in [4.78, 5) is 4.65. The van der Waals surface area contributed by atoms with E-state index >= 15 is 0 Å². The Morgan fingerprint density at radius 1 is 1.41 bits per heavy atom. The molecule has 0 bridgehead atoms. The van der Waals surface area contributed by atoms with Crippen molar-refractivity contribution in [3.63, 3.8) is 0 Å². The van der Waals surface area contributed by atoms with E-state index < -0.39 is 0 Å². The van der Waals surface area contributed by atoms with E-state index in [1.54, 1.807) is 0 Å². The number of anilines is 1. The highest BCUT2D eigenvalue weighted by atomic mass is 35.5. The zero-order valence-electron chi connectivity index (χ0n) is 10.4. The van der Waals surface area contributed by atoms with Crippen LogP contribution in [-0.2, 0) is 6.61 Å². The number of aliphatic hydroxyl groups excluding tert-OH is 1. The molecule has 1 aromatic rings. The van der Waals surface area contributed by atoms with Gasteiger partial charge in [0.25, 0.3) is 0 Å². The summed E-state index contributed by atoms with van der Waals surface area (Å²) >= 11 is 6.13. The first-order valence-corrected chi connectivity index (χ1v) is 6.34. The summed E-state index contributed by atoms with van der Waals surface area (Å²) in [5.41, 5.74) is 1.91. The van der Waals surface area contributed by atoms with Gasteiger partial charge in [0, 0.05) is 41.9 Å². The molecule has 0 aromatic heterocycles. The first-order valence-electron chi connectivity index (χ1n) is 5.97. The Morgan fingerprint density at radius 2 is 2.18 bits per heavy atom.